The van der Waals surface area contributed by atoms with E-state index in [9.17, 15) is 0 Å². The SMILES string of the molecule is [2H]c1nn(-c2nnc(Br)c([2H])c2[2H])c([2H])c1C([2H])([2H])[2H]. The minimum absolute atomic E-state index is 0.0482. The molecule has 2 aromatic heterocycles. The third-order valence-electron chi connectivity index (χ3n) is 1.19. The van der Waals surface area contributed by atoms with Crippen molar-refractivity contribution in [2.75, 3.05) is 0 Å². The maximum Gasteiger partial charge on any atom is 0.175 e. The van der Waals surface area contributed by atoms with Crippen LogP contribution in [0, 0.1) is 6.85 Å². The third kappa shape index (κ3) is 1.75. The van der Waals surface area contributed by atoms with E-state index in [2.05, 4.69) is 31.2 Å². The van der Waals surface area contributed by atoms with Gasteiger partial charge in [0.25, 0.3) is 0 Å². The average molecular weight is 246 g/mol. The van der Waals surface area contributed by atoms with E-state index in [0.29, 0.717) is 0 Å². The normalized spacial score (nSPS) is 19.0. The Morgan fingerprint density at radius 3 is 3.23 bits per heavy atom. The van der Waals surface area contributed by atoms with Crippen LogP contribution in [0.15, 0.2) is 29.0 Å². The van der Waals surface area contributed by atoms with Gasteiger partial charge in [-0.1, -0.05) is 0 Å². The van der Waals surface area contributed by atoms with Crippen LogP contribution in [-0.2, 0) is 0 Å². The fourth-order valence-corrected chi connectivity index (χ4v) is 0.879. The molecule has 0 saturated carbocycles. The maximum atomic E-state index is 7.78. The molecule has 0 aliphatic heterocycles. The third-order valence-corrected chi connectivity index (χ3v) is 1.55. The van der Waals surface area contributed by atoms with E-state index in [0.717, 1.165) is 4.68 Å². The van der Waals surface area contributed by atoms with Gasteiger partial charge in [0.2, 0.25) is 0 Å². The Balaban J connectivity index is 2.70. The van der Waals surface area contributed by atoms with Gasteiger partial charge < -0.3 is 0 Å². The fourth-order valence-electron chi connectivity index (χ4n) is 0.700. The summed E-state index contributed by atoms with van der Waals surface area (Å²) < 4.78 is 53.2. The van der Waals surface area contributed by atoms with Crippen LogP contribution in [0.1, 0.15) is 15.2 Å². The zero-order valence-corrected chi connectivity index (χ0v) is 7.75. The summed E-state index contributed by atoms with van der Waals surface area (Å²) in [6.07, 6.45) is -1.16. The van der Waals surface area contributed by atoms with Gasteiger partial charge in [0.1, 0.15) is 4.60 Å². The van der Waals surface area contributed by atoms with Crippen molar-refractivity contribution in [3.63, 3.8) is 0 Å². The Hall–Kier alpha value is -1.23. The standard InChI is InChI=1S/C8H7BrN4/c1-6-4-10-13(5-6)8-3-2-7(9)11-12-8/h2-5H,1H3/i1D3,2D,3D,4D,5D. The molecule has 0 spiro atoms. The Kier molecular flexibility index (Phi) is 0.875. The van der Waals surface area contributed by atoms with Gasteiger partial charge in [-0.25, -0.2) is 4.68 Å². The van der Waals surface area contributed by atoms with Crippen molar-refractivity contribution in [2.24, 2.45) is 0 Å². The van der Waals surface area contributed by atoms with E-state index in [4.69, 9.17) is 9.60 Å². The lowest BCUT2D eigenvalue weighted by Gasteiger charge is -1.97. The van der Waals surface area contributed by atoms with Crippen LogP contribution in [0.25, 0.3) is 5.82 Å². The molecular formula is C8H7BrN4. The highest BCUT2D eigenvalue weighted by Crippen LogP contribution is 2.07. The van der Waals surface area contributed by atoms with Crippen LogP contribution in [0.3, 0.4) is 0 Å². The van der Waals surface area contributed by atoms with Gasteiger partial charge in [0, 0.05) is 10.3 Å². The topological polar surface area (TPSA) is 43.6 Å². The molecule has 5 heteroatoms. The summed E-state index contributed by atoms with van der Waals surface area (Å²) in [5.74, 6) is -0.271. The van der Waals surface area contributed by atoms with Crippen molar-refractivity contribution in [1.29, 1.82) is 0 Å². The minimum Gasteiger partial charge on any atom is -0.221 e. The first-order valence-electron chi connectivity index (χ1n) is 6.71. The van der Waals surface area contributed by atoms with E-state index < -0.39 is 24.8 Å². The van der Waals surface area contributed by atoms with Crippen molar-refractivity contribution < 1.29 is 9.60 Å². The Morgan fingerprint density at radius 1 is 1.54 bits per heavy atom. The molecule has 0 saturated heterocycles. The molecule has 2 aromatic rings. The molecule has 0 radical (unpaired) electrons. The number of halogens is 1. The average Bonchev–Trinajstić information content (AvgIpc) is 2.61. The summed E-state index contributed by atoms with van der Waals surface area (Å²) in [4.78, 5) is 0. The summed E-state index contributed by atoms with van der Waals surface area (Å²) in [5, 5.41) is 10.8. The Morgan fingerprint density at radius 2 is 2.46 bits per heavy atom. The number of nitrogens with zero attached hydrogens (tertiary/aromatic N) is 4. The zero-order chi connectivity index (χ0) is 15.2. The van der Waals surface area contributed by atoms with Crippen molar-refractivity contribution in [3.05, 3.63) is 34.6 Å². The quantitative estimate of drug-likeness (QED) is 0.769. The van der Waals surface area contributed by atoms with E-state index in [1.165, 1.54) is 0 Å². The van der Waals surface area contributed by atoms with Crippen LogP contribution in [0.4, 0.5) is 0 Å². The van der Waals surface area contributed by atoms with Gasteiger partial charge in [0.05, 0.1) is 11.7 Å². The van der Waals surface area contributed by atoms with E-state index in [-0.39, 0.29) is 22.5 Å². The predicted octanol–water partition coefficient (Wildman–Crippen LogP) is 1.73. The molecule has 2 rings (SSSR count). The molecule has 0 N–H and O–H groups in total. The molecular weight excluding hydrogens is 232 g/mol. The molecule has 4 nitrogen and oxygen atoms in total. The molecule has 0 aliphatic carbocycles. The Labute approximate surface area is 93.6 Å². The van der Waals surface area contributed by atoms with Crippen molar-refractivity contribution in [2.45, 2.75) is 6.85 Å². The monoisotopic (exact) mass is 245 g/mol. The van der Waals surface area contributed by atoms with Gasteiger partial charge in [-0.15, -0.1) is 10.2 Å². The highest BCUT2D eigenvalue weighted by atomic mass is 79.9. The molecule has 2 heterocycles. The fraction of sp³-hybridized carbons (Fsp3) is 0.125. The molecule has 13 heavy (non-hydrogen) atoms. The Bertz CT molecular complexity index is 680. The highest BCUT2D eigenvalue weighted by Gasteiger charge is 1.99. The van der Waals surface area contributed by atoms with Crippen molar-refractivity contribution in [1.82, 2.24) is 20.0 Å². The maximum absolute atomic E-state index is 7.78. The zero-order valence-electron chi connectivity index (χ0n) is 13.2. The second kappa shape index (κ2) is 3.26. The molecule has 0 atom stereocenters. The molecule has 0 amide bonds. The largest absolute Gasteiger partial charge is 0.221 e. The summed E-state index contributed by atoms with van der Waals surface area (Å²) >= 11 is 2.94. The summed E-state index contributed by atoms with van der Waals surface area (Å²) in [5.41, 5.74) is -0.534. The molecule has 0 aliphatic rings. The first-order chi connectivity index (χ1) is 9.14. The lowest BCUT2D eigenvalue weighted by atomic mass is 10.4. The first kappa shape index (κ1) is 3.49. The minimum atomic E-state index is -2.67. The van der Waals surface area contributed by atoms with Gasteiger partial charge >= 0.3 is 0 Å². The molecule has 0 bridgehead atoms. The van der Waals surface area contributed by atoms with Crippen LogP contribution >= 0.6 is 15.9 Å². The van der Waals surface area contributed by atoms with Crippen molar-refractivity contribution >= 4 is 15.9 Å². The molecule has 66 valence electrons. The highest BCUT2D eigenvalue weighted by molar-refractivity contribution is 9.10. The lowest BCUT2D eigenvalue weighted by molar-refractivity contribution is 0.809. The predicted molar refractivity (Wildman–Crippen MR) is 51.6 cm³/mol. The van der Waals surface area contributed by atoms with Gasteiger partial charge in [0.15, 0.2) is 5.82 Å². The number of rotatable bonds is 1. The molecule has 0 fully saturated rings. The summed E-state index contributed by atoms with van der Waals surface area (Å²) in [7, 11) is 0. The number of hydrogen-bond acceptors (Lipinski definition) is 3. The first-order valence-corrected chi connectivity index (χ1v) is 4.00. The number of aromatic nitrogens is 4. The van der Waals surface area contributed by atoms with Gasteiger partial charge in [-0.3, -0.25) is 0 Å². The summed E-state index contributed by atoms with van der Waals surface area (Å²) in [6.45, 7) is -2.67. The van der Waals surface area contributed by atoms with E-state index in [1.54, 1.807) is 0 Å². The van der Waals surface area contributed by atoms with Gasteiger partial charge in [-0.2, -0.15) is 5.10 Å². The number of hydrogen-bond donors (Lipinski definition) is 0. The van der Waals surface area contributed by atoms with Crippen LogP contribution < -0.4 is 0 Å². The second-order valence-corrected chi connectivity index (χ2v) is 2.83. The van der Waals surface area contributed by atoms with E-state index >= 15 is 0 Å². The summed E-state index contributed by atoms with van der Waals surface area (Å²) in [6, 6.07) is -0.646. The lowest BCUT2D eigenvalue weighted by Crippen LogP contribution is -1.98. The van der Waals surface area contributed by atoms with Crippen LogP contribution in [0.5, 0.6) is 0 Å². The van der Waals surface area contributed by atoms with Crippen molar-refractivity contribution in [3.8, 4) is 5.82 Å². The molecule has 0 aromatic carbocycles. The second-order valence-electron chi connectivity index (χ2n) is 2.07. The van der Waals surface area contributed by atoms with Gasteiger partial charge in [-0.05, 0) is 40.4 Å². The van der Waals surface area contributed by atoms with E-state index in [1.807, 2.05) is 0 Å². The van der Waals surface area contributed by atoms with Crippen LogP contribution in [0.2, 0.25) is 0 Å². The molecule has 0 unspecified atom stereocenters. The van der Waals surface area contributed by atoms with Crippen LogP contribution in [-0.4, -0.2) is 20.0 Å². The smallest absolute Gasteiger partial charge is 0.175 e.